The summed E-state index contributed by atoms with van der Waals surface area (Å²) in [6, 6.07) is 4.72. The van der Waals surface area contributed by atoms with Crippen molar-refractivity contribution in [3.05, 3.63) is 34.4 Å². The van der Waals surface area contributed by atoms with Gasteiger partial charge in [0, 0.05) is 12.1 Å². The predicted molar refractivity (Wildman–Crippen MR) is 133 cm³/mol. The van der Waals surface area contributed by atoms with Gasteiger partial charge in [0.2, 0.25) is 6.29 Å². The Morgan fingerprint density at radius 1 is 0.605 bits per heavy atom. The average Bonchev–Trinajstić information content (AvgIpc) is 3.00. The number of benzene rings is 1. The number of ether oxygens (including phenoxy) is 6. The maximum atomic E-state index is 10.8. The fourth-order valence-electron chi connectivity index (χ4n) is 4.92. The van der Waals surface area contributed by atoms with Gasteiger partial charge in [-0.3, -0.25) is 10.1 Å². The maximum absolute atomic E-state index is 10.8. The monoisotopic (exact) mass is 625 g/mol. The molecule has 1 aromatic rings. The van der Waals surface area contributed by atoms with Gasteiger partial charge in [0.1, 0.15) is 79.0 Å². The van der Waals surface area contributed by atoms with Gasteiger partial charge >= 0.3 is 0 Å². The highest BCUT2D eigenvalue weighted by Crippen LogP contribution is 2.33. The fourth-order valence-corrected chi connectivity index (χ4v) is 4.92. The van der Waals surface area contributed by atoms with Crippen LogP contribution in [0.4, 0.5) is 5.69 Å². The van der Waals surface area contributed by atoms with E-state index in [0.29, 0.717) is 0 Å². The molecule has 0 spiro atoms. The number of hydrogen-bond acceptors (Lipinski definition) is 18. The predicted octanol–water partition coefficient (Wildman–Crippen LogP) is -5.58. The number of aliphatic hydroxyl groups is 10. The molecule has 3 heterocycles. The lowest BCUT2D eigenvalue weighted by Gasteiger charge is -2.48. The number of nitrogens with zero attached hydrogens (tertiary/aromatic N) is 1. The van der Waals surface area contributed by atoms with E-state index in [1.807, 2.05) is 0 Å². The molecule has 19 nitrogen and oxygen atoms in total. The molecule has 3 saturated heterocycles. The molecule has 3 aliphatic heterocycles. The number of nitro groups is 1. The molecule has 43 heavy (non-hydrogen) atoms. The minimum Gasteiger partial charge on any atom is -0.462 e. The number of non-ortho nitro benzene ring substituents is 1. The minimum absolute atomic E-state index is 0.0308. The zero-order valence-corrected chi connectivity index (χ0v) is 22.3. The molecule has 0 unspecified atom stereocenters. The Labute approximate surface area is 242 Å². The van der Waals surface area contributed by atoms with E-state index in [1.165, 1.54) is 12.1 Å². The van der Waals surface area contributed by atoms with Crippen molar-refractivity contribution in [1.29, 1.82) is 0 Å². The quantitative estimate of drug-likeness (QED) is 0.0856. The largest absolute Gasteiger partial charge is 0.462 e. The van der Waals surface area contributed by atoms with Crippen molar-refractivity contribution in [2.24, 2.45) is 0 Å². The van der Waals surface area contributed by atoms with Crippen LogP contribution in [-0.2, 0) is 23.7 Å². The molecule has 0 saturated carbocycles. The Morgan fingerprint density at radius 2 is 1.02 bits per heavy atom. The van der Waals surface area contributed by atoms with Gasteiger partial charge in [-0.1, -0.05) is 0 Å². The SMILES string of the molecule is O=[N+]([O-])c1ccc(O[C@H]2O[C@@H](CO)[C@H](O[C@@H]3O[C@H](CO)[C@@H](O[C@@H]4O[C@H](CO)[C@@H](O)[C@H](O)[C@@H]4O)[C@H](O)[C@@H]3O)[C@@H](O)[C@@H]2O)cc1. The van der Waals surface area contributed by atoms with Crippen LogP contribution in [0, 0.1) is 10.1 Å². The Balaban J connectivity index is 1.42. The first-order valence-corrected chi connectivity index (χ1v) is 13.2. The molecular weight excluding hydrogens is 590 g/mol. The second-order valence-electron chi connectivity index (χ2n) is 10.2. The van der Waals surface area contributed by atoms with E-state index in [4.69, 9.17) is 28.4 Å². The molecule has 0 aromatic heterocycles. The van der Waals surface area contributed by atoms with E-state index < -0.39 is 117 Å². The van der Waals surface area contributed by atoms with Crippen LogP contribution in [0.25, 0.3) is 0 Å². The molecule has 0 bridgehead atoms. The van der Waals surface area contributed by atoms with E-state index >= 15 is 0 Å². The summed E-state index contributed by atoms with van der Waals surface area (Å²) >= 11 is 0. The van der Waals surface area contributed by atoms with Gasteiger partial charge in [-0.25, -0.2) is 0 Å². The normalized spacial score (nSPS) is 43.7. The van der Waals surface area contributed by atoms with Crippen molar-refractivity contribution in [1.82, 2.24) is 0 Å². The van der Waals surface area contributed by atoms with Crippen LogP contribution < -0.4 is 4.74 Å². The molecule has 15 atom stereocenters. The zero-order valence-electron chi connectivity index (χ0n) is 22.3. The van der Waals surface area contributed by atoms with Crippen molar-refractivity contribution in [2.75, 3.05) is 19.8 Å². The van der Waals surface area contributed by atoms with E-state index in [-0.39, 0.29) is 11.4 Å². The van der Waals surface area contributed by atoms with Crippen molar-refractivity contribution >= 4 is 5.69 Å². The van der Waals surface area contributed by atoms with Gasteiger partial charge < -0.3 is 79.5 Å². The first kappa shape index (κ1) is 33.7. The van der Waals surface area contributed by atoms with Crippen LogP contribution >= 0.6 is 0 Å². The zero-order chi connectivity index (χ0) is 31.6. The Bertz CT molecular complexity index is 1040. The van der Waals surface area contributed by atoms with E-state index in [1.54, 1.807) is 0 Å². The number of aliphatic hydroxyl groups excluding tert-OH is 10. The Morgan fingerprint density at radius 3 is 1.49 bits per heavy atom. The van der Waals surface area contributed by atoms with Crippen LogP contribution in [0.15, 0.2) is 24.3 Å². The van der Waals surface area contributed by atoms with Gasteiger partial charge in [-0.15, -0.1) is 0 Å². The number of hydrogen-bond donors (Lipinski definition) is 10. The fraction of sp³-hybridized carbons (Fsp3) is 0.750. The van der Waals surface area contributed by atoms with Crippen LogP contribution in [-0.4, -0.2) is 168 Å². The van der Waals surface area contributed by atoms with Crippen LogP contribution in [0.1, 0.15) is 0 Å². The molecule has 3 aliphatic rings. The molecule has 0 radical (unpaired) electrons. The third kappa shape index (κ3) is 7.06. The molecule has 244 valence electrons. The molecular formula is C24H35NO18. The first-order valence-electron chi connectivity index (χ1n) is 13.2. The third-order valence-electron chi connectivity index (χ3n) is 7.37. The second kappa shape index (κ2) is 14.3. The second-order valence-corrected chi connectivity index (χ2v) is 10.2. The van der Waals surface area contributed by atoms with Crippen molar-refractivity contribution in [3.8, 4) is 5.75 Å². The topological polar surface area (TPSA) is 301 Å². The van der Waals surface area contributed by atoms with E-state index in [0.717, 1.165) is 12.1 Å². The smallest absolute Gasteiger partial charge is 0.269 e. The maximum Gasteiger partial charge on any atom is 0.269 e. The standard InChI is InChI=1S/C24H35NO18/c26-5-10-13(29)14(30)17(33)23(39-10)42-21-12(7-28)41-24(19(35)16(21)32)43-20-11(6-27)40-22(18(34)15(20)31)38-9-3-1-8(2-4-9)25(36)37/h1-4,10-24,26-35H,5-7H2/t10-,11+,12-,13-,14+,15+,16-,17+,18+,19+,20+,21-,22+,23+,24+/m1/s1. The van der Waals surface area contributed by atoms with Gasteiger partial charge in [-0.2, -0.15) is 0 Å². The number of nitro benzene ring substituents is 1. The summed E-state index contributed by atoms with van der Waals surface area (Å²) in [5, 5.41) is 113. The average molecular weight is 626 g/mol. The highest BCUT2D eigenvalue weighted by Gasteiger charge is 2.53. The van der Waals surface area contributed by atoms with E-state index in [2.05, 4.69) is 0 Å². The van der Waals surface area contributed by atoms with Gasteiger partial charge in [0.15, 0.2) is 12.6 Å². The molecule has 0 amide bonds. The summed E-state index contributed by atoms with van der Waals surface area (Å²) in [6.07, 6.45) is -25.4. The van der Waals surface area contributed by atoms with Gasteiger partial charge in [0.05, 0.1) is 24.7 Å². The molecule has 4 rings (SSSR count). The lowest BCUT2D eigenvalue weighted by molar-refractivity contribution is -0.384. The van der Waals surface area contributed by atoms with Crippen LogP contribution in [0.3, 0.4) is 0 Å². The third-order valence-corrected chi connectivity index (χ3v) is 7.37. The summed E-state index contributed by atoms with van der Waals surface area (Å²) in [5.41, 5.74) is -0.227. The Hall–Kier alpha value is -2.18. The molecule has 0 aliphatic carbocycles. The summed E-state index contributed by atoms with van der Waals surface area (Å²) in [4.78, 5) is 10.2. The lowest BCUT2D eigenvalue weighted by atomic mass is 9.96. The Kier molecular flexibility index (Phi) is 11.2. The summed E-state index contributed by atoms with van der Waals surface area (Å²) in [5.74, 6) is 0.0308. The van der Waals surface area contributed by atoms with Crippen molar-refractivity contribution in [3.63, 3.8) is 0 Å². The summed E-state index contributed by atoms with van der Waals surface area (Å²) < 4.78 is 32.8. The highest BCUT2D eigenvalue weighted by atomic mass is 16.8. The lowest BCUT2D eigenvalue weighted by Crippen LogP contribution is -2.66. The van der Waals surface area contributed by atoms with Crippen LogP contribution in [0.5, 0.6) is 5.75 Å². The van der Waals surface area contributed by atoms with Gasteiger partial charge in [0.25, 0.3) is 5.69 Å². The molecule has 3 fully saturated rings. The van der Waals surface area contributed by atoms with Crippen molar-refractivity contribution < 1.29 is 84.4 Å². The first-order chi connectivity index (χ1) is 20.4. The van der Waals surface area contributed by atoms with Crippen LogP contribution in [0.2, 0.25) is 0 Å². The molecule has 1 aromatic carbocycles. The molecule has 10 N–H and O–H groups in total. The van der Waals surface area contributed by atoms with Crippen molar-refractivity contribution in [2.45, 2.75) is 92.1 Å². The summed E-state index contributed by atoms with van der Waals surface area (Å²) in [7, 11) is 0. The minimum atomic E-state index is -1.96. The molecule has 19 heteroatoms. The number of rotatable bonds is 10. The summed E-state index contributed by atoms with van der Waals surface area (Å²) in [6.45, 7) is -2.42. The van der Waals surface area contributed by atoms with Gasteiger partial charge in [-0.05, 0) is 12.1 Å². The highest BCUT2D eigenvalue weighted by molar-refractivity contribution is 5.36. The van der Waals surface area contributed by atoms with E-state index in [9.17, 15) is 61.2 Å².